The topological polar surface area (TPSA) is 49.8 Å². The van der Waals surface area contributed by atoms with Crippen LogP contribution in [0.1, 0.15) is 25.5 Å². The second-order valence-electron chi connectivity index (χ2n) is 4.45. The molecular formula is C14H18N4. The van der Waals surface area contributed by atoms with Crippen molar-refractivity contribution in [2.45, 2.75) is 19.8 Å². The molecule has 2 aromatic rings. The van der Waals surface area contributed by atoms with Gasteiger partial charge in [-0.15, -0.1) is 5.10 Å². The van der Waals surface area contributed by atoms with Crippen LogP contribution in [0.3, 0.4) is 0 Å². The van der Waals surface area contributed by atoms with Crippen LogP contribution in [0, 0.1) is 0 Å². The molecule has 2 rings (SSSR count). The third-order valence-corrected chi connectivity index (χ3v) is 2.70. The molecule has 1 heterocycles. The molecule has 1 aromatic heterocycles. The molecule has 0 radical (unpaired) electrons. The standard InChI is InChI=1S/C14H18N4/c1-10(2)13-7-8-14(18-17-13)16-12-6-4-5-11(9-12)15-3/h4-10,15H,1-3H3,(H,16,18). The highest BCUT2D eigenvalue weighted by molar-refractivity contribution is 5.62. The zero-order chi connectivity index (χ0) is 13.0. The Morgan fingerprint density at radius 3 is 2.39 bits per heavy atom. The summed E-state index contributed by atoms with van der Waals surface area (Å²) in [4.78, 5) is 0. The quantitative estimate of drug-likeness (QED) is 0.863. The second-order valence-corrected chi connectivity index (χ2v) is 4.45. The molecule has 0 saturated heterocycles. The molecule has 0 unspecified atom stereocenters. The van der Waals surface area contributed by atoms with Gasteiger partial charge in [-0.3, -0.25) is 0 Å². The van der Waals surface area contributed by atoms with Crippen LogP contribution in [0.15, 0.2) is 36.4 Å². The number of benzene rings is 1. The van der Waals surface area contributed by atoms with Crippen molar-refractivity contribution in [1.82, 2.24) is 10.2 Å². The first-order chi connectivity index (χ1) is 8.69. The number of anilines is 3. The summed E-state index contributed by atoms with van der Waals surface area (Å²) in [7, 11) is 1.90. The molecule has 0 spiro atoms. The molecule has 94 valence electrons. The third kappa shape index (κ3) is 2.97. The lowest BCUT2D eigenvalue weighted by atomic mass is 10.1. The van der Waals surface area contributed by atoms with Crippen molar-refractivity contribution >= 4 is 17.2 Å². The molecule has 4 nitrogen and oxygen atoms in total. The van der Waals surface area contributed by atoms with Gasteiger partial charge in [-0.05, 0) is 36.2 Å². The van der Waals surface area contributed by atoms with E-state index in [2.05, 4.69) is 34.7 Å². The van der Waals surface area contributed by atoms with E-state index in [1.807, 2.05) is 43.4 Å². The monoisotopic (exact) mass is 242 g/mol. The lowest BCUT2D eigenvalue weighted by molar-refractivity contribution is 0.787. The smallest absolute Gasteiger partial charge is 0.153 e. The lowest BCUT2D eigenvalue weighted by Crippen LogP contribution is -1.99. The van der Waals surface area contributed by atoms with E-state index in [0.717, 1.165) is 22.9 Å². The highest BCUT2D eigenvalue weighted by Gasteiger charge is 2.02. The summed E-state index contributed by atoms with van der Waals surface area (Å²) in [5.74, 6) is 1.16. The lowest BCUT2D eigenvalue weighted by Gasteiger charge is -2.08. The maximum atomic E-state index is 4.19. The predicted octanol–water partition coefficient (Wildman–Crippen LogP) is 3.39. The molecule has 0 aliphatic carbocycles. The van der Waals surface area contributed by atoms with E-state index in [1.54, 1.807) is 0 Å². The Labute approximate surface area is 107 Å². The molecule has 0 saturated carbocycles. The van der Waals surface area contributed by atoms with Gasteiger partial charge in [0.1, 0.15) is 0 Å². The number of aromatic nitrogens is 2. The summed E-state index contributed by atoms with van der Waals surface area (Å²) in [6.07, 6.45) is 0. The van der Waals surface area contributed by atoms with E-state index in [1.165, 1.54) is 0 Å². The molecule has 0 aliphatic rings. The molecule has 0 amide bonds. The Morgan fingerprint density at radius 2 is 1.78 bits per heavy atom. The average molecular weight is 242 g/mol. The number of hydrogen-bond acceptors (Lipinski definition) is 4. The van der Waals surface area contributed by atoms with Crippen molar-refractivity contribution < 1.29 is 0 Å². The van der Waals surface area contributed by atoms with Crippen molar-refractivity contribution in [3.05, 3.63) is 42.1 Å². The number of nitrogens with one attached hydrogen (secondary N) is 2. The van der Waals surface area contributed by atoms with Crippen LogP contribution in [0.25, 0.3) is 0 Å². The molecule has 0 fully saturated rings. The van der Waals surface area contributed by atoms with E-state index >= 15 is 0 Å². The summed E-state index contributed by atoms with van der Waals surface area (Å²) in [6, 6.07) is 12.0. The minimum Gasteiger partial charge on any atom is -0.388 e. The van der Waals surface area contributed by atoms with Crippen molar-refractivity contribution in [1.29, 1.82) is 0 Å². The Hall–Kier alpha value is -2.10. The van der Waals surface area contributed by atoms with Crippen LogP contribution >= 0.6 is 0 Å². The van der Waals surface area contributed by atoms with Gasteiger partial charge in [0.15, 0.2) is 5.82 Å². The van der Waals surface area contributed by atoms with Crippen LogP contribution in [0.5, 0.6) is 0 Å². The van der Waals surface area contributed by atoms with Gasteiger partial charge in [-0.2, -0.15) is 5.10 Å². The average Bonchev–Trinajstić information content (AvgIpc) is 2.39. The van der Waals surface area contributed by atoms with Crippen molar-refractivity contribution in [3.8, 4) is 0 Å². The van der Waals surface area contributed by atoms with Crippen LogP contribution in [-0.2, 0) is 0 Å². The van der Waals surface area contributed by atoms with Gasteiger partial charge in [0.05, 0.1) is 5.69 Å². The predicted molar refractivity (Wildman–Crippen MR) is 75.4 cm³/mol. The Balaban J connectivity index is 2.13. The van der Waals surface area contributed by atoms with Gasteiger partial charge in [0.2, 0.25) is 0 Å². The first-order valence-electron chi connectivity index (χ1n) is 6.07. The summed E-state index contributed by atoms with van der Waals surface area (Å²) < 4.78 is 0. The number of hydrogen-bond donors (Lipinski definition) is 2. The molecule has 0 bridgehead atoms. The van der Waals surface area contributed by atoms with E-state index in [0.29, 0.717) is 5.92 Å². The second kappa shape index (κ2) is 5.49. The van der Waals surface area contributed by atoms with Gasteiger partial charge in [0.25, 0.3) is 0 Å². The molecule has 4 heteroatoms. The van der Waals surface area contributed by atoms with Crippen molar-refractivity contribution in [2.24, 2.45) is 0 Å². The van der Waals surface area contributed by atoms with E-state index in [4.69, 9.17) is 0 Å². The Kier molecular flexibility index (Phi) is 3.77. The fraction of sp³-hybridized carbons (Fsp3) is 0.286. The van der Waals surface area contributed by atoms with Crippen LogP contribution in [0.4, 0.5) is 17.2 Å². The molecular weight excluding hydrogens is 224 g/mol. The van der Waals surface area contributed by atoms with Gasteiger partial charge >= 0.3 is 0 Å². The maximum absolute atomic E-state index is 4.19. The fourth-order valence-corrected chi connectivity index (χ4v) is 1.62. The minimum atomic E-state index is 0.402. The van der Waals surface area contributed by atoms with Crippen LogP contribution in [0.2, 0.25) is 0 Å². The van der Waals surface area contributed by atoms with E-state index < -0.39 is 0 Å². The van der Waals surface area contributed by atoms with Gasteiger partial charge < -0.3 is 10.6 Å². The van der Waals surface area contributed by atoms with Crippen molar-refractivity contribution in [2.75, 3.05) is 17.7 Å². The van der Waals surface area contributed by atoms with E-state index in [9.17, 15) is 0 Å². The van der Waals surface area contributed by atoms with Gasteiger partial charge in [0, 0.05) is 18.4 Å². The maximum Gasteiger partial charge on any atom is 0.153 e. The first kappa shape index (κ1) is 12.4. The van der Waals surface area contributed by atoms with E-state index in [-0.39, 0.29) is 0 Å². The zero-order valence-electron chi connectivity index (χ0n) is 10.9. The highest BCUT2D eigenvalue weighted by atomic mass is 15.2. The minimum absolute atomic E-state index is 0.402. The largest absolute Gasteiger partial charge is 0.388 e. The molecule has 0 aliphatic heterocycles. The van der Waals surface area contributed by atoms with Crippen molar-refractivity contribution in [3.63, 3.8) is 0 Å². The van der Waals surface area contributed by atoms with Gasteiger partial charge in [-0.1, -0.05) is 19.9 Å². The normalized spacial score (nSPS) is 10.4. The van der Waals surface area contributed by atoms with Crippen LogP contribution in [-0.4, -0.2) is 17.2 Å². The molecule has 0 atom stereocenters. The summed E-state index contributed by atoms with van der Waals surface area (Å²) in [5.41, 5.74) is 3.06. The summed E-state index contributed by atoms with van der Waals surface area (Å²) in [5, 5.41) is 14.7. The third-order valence-electron chi connectivity index (χ3n) is 2.70. The van der Waals surface area contributed by atoms with Gasteiger partial charge in [-0.25, -0.2) is 0 Å². The summed E-state index contributed by atoms with van der Waals surface area (Å²) >= 11 is 0. The SMILES string of the molecule is CNc1cccc(Nc2ccc(C(C)C)nn2)c1. The number of nitrogens with zero attached hydrogens (tertiary/aromatic N) is 2. The summed E-state index contributed by atoms with van der Waals surface area (Å²) in [6.45, 7) is 4.21. The zero-order valence-corrected chi connectivity index (χ0v) is 10.9. The molecule has 18 heavy (non-hydrogen) atoms. The Bertz CT molecular complexity index is 505. The Morgan fingerprint density at radius 1 is 1.00 bits per heavy atom. The first-order valence-corrected chi connectivity index (χ1v) is 6.07. The molecule has 2 N–H and O–H groups in total. The number of rotatable bonds is 4. The van der Waals surface area contributed by atoms with Crippen LogP contribution < -0.4 is 10.6 Å². The highest BCUT2D eigenvalue weighted by Crippen LogP contribution is 2.19. The fourth-order valence-electron chi connectivity index (χ4n) is 1.62. The molecule has 1 aromatic carbocycles.